The fourth-order valence-electron chi connectivity index (χ4n) is 2.39. The van der Waals surface area contributed by atoms with Crippen LogP contribution in [-0.4, -0.2) is 33.8 Å². The second-order valence-corrected chi connectivity index (χ2v) is 7.03. The Bertz CT molecular complexity index is 897. The van der Waals surface area contributed by atoms with Gasteiger partial charge in [-0.2, -0.15) is 4.98 Å². The molecule has 0 saturated heterocycles. The summed E-state index contributed by atoms with van der Waals surface area (Å²) in [6.07, 6.45) is 0. The average molecular weight is 409 g/mol. The van der Waals surface area contributed by atoms with Gasteiger partial charge in [0.15, 0.2) is 0 Å². The van der Waals surface area contributed by atoms with E-state index in [1.807, 2.05) is 32.0 Å². The van der Waals surface area contributed by atoms with Gasteiger partial charge >= 0.3 is 0 Å². The van der Waals surface area contributed by atoms with Gasteiger partial charge in [-0.15, -0.1) is 5.10 Å². The van der Waals surface area contributed by atoms with Gasteiger partial charge in [-0.25, -0.2) is 9.50 Å². The molecule has 0 aliphatic heterocycles. The molecule has 2 aromatic heterocycles. The highest BCUT2D eigenvalue weighted by Gasteiger charge is 2.13. The van der Waals surface area contributed by atoms with Crippen molar-refractivity contribution in [1.82, 2.24) is 19.6 Å². The number of rotatable bonds is 5. The third-order valence-corrected chi connectivity index (χ3v) is 5.02. The van der Waals surface area contributed by atoms with E-state index in [0.29, 0.717) is 16.7 Å². The van der Waals surface area contributed by atoms with E-state index in [4.69, 9.17) is 9.47 Å². The monoisotopic (exact) mass is 408 g/mol. The largest absolute Gasteiger partial charge is 0.496 e. The van der Waals surface area contributed by atoms with E-state index < -0.39 is 0 Å². The topological polar surface area (TPSA) is 61.5 Å². The van der Waals surface area contributed by atoms with Crippen LogP contribution in [0.25, 0.3) is 5.78 Å². The third-order valence-electron chi connectivity index (χ3n) is 3.51. The number of aryl methyl sites for hydroxylation is 2. The molecule has 0 bridgehead atoms. The van der Waals surface area contributed by atoms with E-state index >= 15 is 0 Å². The van der Waals surface area contributed by atoms with Gasteiger partial charge < -0.3 is 9.47 Å². The molecule has 126 valence electrons. The van der Waals surface area contributed by atoms with Crippen LogP contribution in [0, 0.1) is 13.8 Å². The summed E-state index contributed by atoms with van der Waals surface area (Å²) in [7, 11) is 3.30. The minimum Gasteiger partial charge on any atom is -0.496 e. The first-order valence-electron chi connectivity index (χ1n) is 7.26. The van der Waals surface area contributed by atoms with Crippen molar-refractivity contribution in [2.45, 2.75) is 24.8 Å². The Balaban J connectivity index is 1.87. The van der Waals surface area contributed by atoms with Gasteiger partial charge in [0, 0.05) is 22.7 Å². The number of fused-ring (bicyclic) bond motifs is 1. The Hall–Kier alpha value is -1.80. The van der Waals surface area contributed by atoms with Crippen molar-refractivity contribution in [3.05, 3.63) is 39.6 Å². The summed E-state index contributed by atoms with van der Waals surface area (Å²) in [6, 6.07) is 5.85. The zero-order valence-corrected chi connectivity index (χ0v) is 16.2. The highest BCUT2D eigenvalue weighted by Crippen LogP contribution is 2.35. The van der Waals surface area contributed by atoms with Crippen LogP contribution in [0.15, 0.2) is 27.8 Å². The first-order valence-corrected chi connectivity index (χ1v) is 9.04. The smallest absolute Gasteiger partial charge is 0.253 e. The van der Waals surface area contributed by atoms with E-state index in [0.717, 1.165) is 32.9 Å². The number of aromatic nitrogens is 4. The summed E-state index contributed by atoms with van der Waals surface area (Å²) < 4.78 is 13.4. The Morgan fingerprint density at radius 2 is 1.83 bits per heavy atom. The van der Waals surface area contributed by atoms with Gasteiger partial charge in [-0.3, -0.25) is 0 Å². The first kappa shape index (κ1) is 17.0. The average Bonchev–Trinajstić information content (AvgIpc) is 2.96. The summed E-state index contributed by atoms with van der Waals surface area (Å²) in [6.45, 7) is 3.95. The maximum Gasteiger partial charge on any atom is 0.253 e. The van der Waals surface area contributed by atoms with Crippen LogP contribution in [0.1, 0.15) is 17.0 Å². The minimum absolute atomic E-state index is 0.621. The summed E-state index contributed by atoms with van der Waals surface area (Å²) in [5.41, 5.74) is 2.96. The van der Waals surface area contributed by atoms with E-state index in [2.05, 4.69) is 31.0 Å². The molecule has 3 rings (SSSR count). The van der Waals surface area contributed by atoms with Crippen molar-refractivity contribution in [3.63, 3.8) is 0 Å². The standard InChI is InChI=1S/C16H17BrN4O2S/c1-9-5-10(2)21-15(18-9)19-16(20-21)24-8-11-6-14(23-4)12(17)7-13(11)22-3/h5-7H,8H2,1-4H3. The van der Waals surface area contributed by atoms with E-state index in [1.165, 1.54) is 11.8 Å². The summed E-state index contributed by atoms with van der Waals surface area (Å²) in [5, 5.41) is 5.19. The molecule has 0 amide bonds. The molecule has 6 nitrogen and oxygen atoms in total. The van der Waals surface area contributed by atoms with E-state index in [1.54, 1.807) is 18.7 Å². The number of nitrogens with zero attached hydrogens (tertiary/aromatic N) is 4. The minimum atomic E-state index is 0.621. The Morgan fingerprint density at radius 3 is 2.54 bits per heavy atom. The maximum absolute atomic E-state index is 5.45. The molecule has 0 unspecified atom stereocenters. The lowest BCUT2D eigenvalue weighted by Gasteiger charge is -2.11. The maximum atomic E-state index is 5.45. The fourth-order valence-corrected chi connectivity index (χ4v) is 3.67. The molecule has 0 N–H and O–H groups in total. The van der Waals surface area contributed by atoms with Crippen molar-refractivity contribution >= 4 is 33.5 Å². The van der Waals surface area contributed by atoms with Crippen molar-refractivity contribution in [3.8, 4) is 11.5 Å². The van der Waals surface area contributed by atoms with Crippen LogP contribution < -0.4 is 9.47 Å². The predicted molar refractivity (Wildman–Crippen MR) is 97.1 cm³/mol. The van der Waals surface area contributed by atoms with Gasteiger partial charge in [0.25, 0.3) is 5.78 Å². The fraction of sp³-hybridized carbons (Fsp3) is 0.312. The van der Waals surface area contributed by atoms with Crippen molar-refractivity contribution in [2.75, 3.05) is 14.2 Å². The van der Waals surface area contributed by atoms with Crippen molar-refractivity contribution < 1.29 is 9.47 Å². The van der Waals surface area contributed by atoms with Crippen molar-refractivity contribution in [2.24, 2.45) is 0 Å². The molecule has 0 aliphatic carbocycles. The lowest BCUT2D eigenvalue weighted by molar-refractivity contribution is 0.398. The van der Waals surface area contributed by atoms with Gasteiger partial charge in [-0.05, 0) is 48.0 Å². The predicted octanol–water partition coefficient (Wildman–Crippen LogP) is 3.81. The highest BCUT2D eigenvalue weighted by atomic mass is 79.9. The third kappa shape index (κ3) is 3.34. The van der Waals surface area contributed by atoms with Gasteiger partial charge in [-0.1, -0.05) is 11.8 Å². The molecule has 3 aromatic rings. The van der Waals surface area contributed by atoms with E-state index in [9.17, 15) is 0 Å². The first-order chi connectivity index (χ1) is 11.5. The second-order valence-electron chi connectivity index (χ2n) is 5.23. The molecule has 24 heavy (non-hydrogen) atoms. The second kappa shape index (κ2) is 6.98. The number of methoxy groups -OCH3 is 2. The lowest BCUT2D eigenvalue weighted by Crippen LogP contribution is -1.97. The molecular formula is C16H17BrN4O2S. The Labute approximate surface area is 152 Å². The van der Waals surface area contributed by atoms with Crippen LogP contribution >= 0.6 is 27.7 Å². The van der Waals surface area contributed by atoms with Crippen LogP contribution in [0.5, 0.6) is 11.5 Å². The van der Waals surface area contributed by atoms with Gasteiger partial charge in [0.1, 0.15) is 11.5 Å². The molecule has 0 saturated carbocycles. The van der Waals surface area contributed by atoms with Gasteiger partial charge in [0.05, 0.1) is 18.7 Å². The number of halogens is 1. The van der Waals surface area contributed by atoms with Crippen LogP contribution in [0.4, 0.5) is 0 Å². The molecule has 1 aromatic carbocycles. The van der Waals surface area contributed by atoms with Crippen molar-refractivity contribution in [1.29, 1.82) is 0 Å². The van der Waals surface area contributed by atoms with Crippen LogP contribution in [-0.2, 0) is 5.75 Å². The summed E-state index contributed by atoms with van der Waals surface area (Å²) >= 11 is 5.00. The van der Waals surface area contributed by atoms with E-state index in [-0.39, 0.29) is 0 Å². The quantitative estimate of drug-likeness (QED) is 0.598. The highest BCUT2D eigenvalue weighted by molar-refractivity contribution is 9.10. The number of hydrogen-bond donors (Lipinski definition) is 0. The molecular weight excluding hydrogens is 392 g/mol. The SMILES string of the molecule is COc1cc(CSc2nc3nc(C)cc(C)n3n2)c(OC)cc1Br. The van der Waals surface area contributed by atoms with Crippen LogP contribution in [0.3, 0.4) is 0 Å². The molecule has 0 radical (unpaired) electrons. The zero-order valence-electron chi connectivity index (χ0n) is 13.8. The zero-order chi connectivity index (χ0) is 17.3. The molecule has 0 atom stereocenters. The molecule has 0 fully saturated rings. The van der Waals surface area contributed by atoms with Crippen LogP contribution in [0.2, 0.25) is 0 Å². The normalized spacial score (nSPS) is 11.0. The number of benzene rings is 1. The molecule has 2 heterocycles. The Morgan fingerprint density at radius 1 is 1.08 bits per heavy atom. The lowest BCUT2D eigenvalue weighted by atomic mass is 10.2. The summed E-state index contributed by atoms with van der Waals surface area (Å²) in [4.78, 5) is 8.90. The number of hydrogen-bond acceptors (Lipinski definition) is 6. The summed E-state index contributed by atoms with van der Waals surface area (Å²) in [5.74, 6) is 2.85. The number of ether oxygens (including phenoxy) is 2. The van der Waals surface area contributed by atoms with Gasteiger partial charge in [0.2, 0.25) is 5.16 Å². The number of thioether (sulfide) groups is 1. The molecule has 0 spiro atoms. The molecule has 0 aliphatic rings. The Kier molecular flexibility index (Phi) is 4.96. The molecule has 8 heteroatoms.